The number of ether oxygens (including phenoxy) is 1. The lowest BCUT2D eigenvalue weighted by molar-refractivity contribution is -0.663. The Morgan fingerprint density at radius 1 is 1.46 bits per heavy atom. The number of methoxy groups -OCH3 is 1. The van der Waals surface area contributed by atoms with Crippen LogP contribution in [0.15, 0.2) is 24.3 Å². The van der Waals surface area contributed by atoms with Crippen LogP contribution in [0.3, 0.4) is 0 Å². The van der Waals surface area contributed by atoms with Gasteiger partial charge in [0.1, 0.15) is 5.75 Å². The van der Waals surface area contributed by atoms with Gasteiger partial charge >= 0.3 is 0 Å². The molecular weight excluding hydrogens is 182 g/mol. The number of hydrogen-bond acceptors (Lipinski definition) is 2. The van der Waals surface area contributed by atoms with Crippen LogP contribution in [0.4, 0.5) is 0 Å². The maximum absolute atomic E-state index is 5.32. The molecule has 0 amide bonds. The summed E-state index contributed by atoms with van der Waals surface area (Å²) < 4.78 is 5.32. The van der Waals surface area contributed by atoms with E-state index in [0.717, 1.165) is 5.75 Å². The third-order valence-electron chi connectivity index (χ3n) is 2.24. The van der Waals surface area contributed by atoms with Gasteiger partial charge in [-0.1, -0.05) is 23.9 Å². The first kappa shape index (κ1) is 8.91. The molecule has 1 aromatic rings. The lowest BCUT2D eigenvalue weighted by Crippen LogP contribution is -2.81. The van der Waals surface area contributed by atoms with Crippen molar-refractivity contribution in [1.82, 2.24) is 0 Å². The van der Waals surface area contributed by atoms with Gasteiger partial charge in [0.25, 0.3) is 0 Å². The largest absolute Gasteiger partial charge is 0.496 e. The van der Waals surface area contributed by atoms with Gasteiger partial charge in [0.2, 0.25) is 0 Å². The molecule has 1 fully saturated rings. The fraction of sp³-hybridized carbons (Fsp3) is 0.400. The van der Waals surface area contributed by atoms with Gasteiger partial charge in [0, 0.05) is 5.75 Å². The molecule has 1 heterocycles. The zero-order valence-electron chi connectivity index (χ0n) is 7.69. The second-order valence-corrected chi connectivity index (χ2v) is 4.31. The Labute approximate surface area is 82.7 Å². The summed E-state index contributed by atoms with van der Waals surface area (Å²) in [5.74, 6) is 2.25. The summed E-state index contributed by atoms with van der Waals surface area (Å²) in [6, 6.07) is 8.27. The van der Waals surface area contributed by atoms with Gasteiger partial charge in [-0.15, -0.1) is 0 Å². The van der Waals surface area contributed by atoms with E-state index in [2.05, 4.69) is 17.4 Å². The molecule has 0 unspecified atom stereocenters. The van der Waals surface area contributed by atoms with Crippen molar-refractivity contribution in [3.63, 3.8) is 0 Å². The molecule has 2 nitrogen and oxygen atoms in total. The standard InChI is InChI=1S/C10H13NOS/c1-12-9-5-3-2-4-8(9)10-11-6-7-13-10/h2-5,10-11H,6-7H2,1H3/p+1/t10-/m0/s1. The minimum absolute atomic E-state index is 0.538. The summed E-state index contributed by atoms with van der Waals surface area (Å²) >= 11 is 1.99. The Balaban J connectivity index is 2.26. The van der Waals surface area contributed by atoms with Crippen molar-refractivity contribution in [2.75, 3.05) is 19.4 Å². The van der Waals surface area contributed by atoms with Gasteiger partial charge in [0.05, 0.1) is 19.2 Å². The van der Waals surface area contributed by atoms with Gasteiger partial charge in [0.15, 0.2) is 5.37 Å². The highest BCUT2D eigenvalue weighted by molar-refractivity contribution is 7.99. The van der Waals surface area contributed by atoms with E-state index in [4.69, 9.17) is 4.74 Å². The lowest BCUT2D eigenvalue weighted by Gasteiger charge is -2.10. The number of thioether (sulfide) groups is 1. The van der Waals surface area contributed by atoms with Gasteiger partial charge in [-0.25, -0.2) is 0 Å². The van der Waals surface area contributed by atoms with Crippen LogP contribution in [-0.4, -0.2) is 19.4 Å². The number of hydrogen-bond donors (Lipinski definition) is 1. The third kappa shape index (κ3) is 1.81. The van der Waals surface area contributed by atoms with Crippen molar-refractivity contribution >= 4 is 11.8 Å². The van der Waals surface area contributed by atoms with Crippen molar-refractivity contribution < 1.29 is 10.1 Å². The average Bonchev–Trinajstić information content (AvgIpc) is 2.70. The molecule has 1 saturated heterocycles. The molecule has 0 bridgehead atoms. The molecule has 2 N–H and O–H groups in total. The first-order valence-electron chi connectivity index (χ1n) is 4.49. The van der Waals surface area contributed by atoms with Crippen molar-refractivity contribution in [3.05, 3.63) is 29.8 Å². The quantitative estimate of drug-likeness (QED) is 0.763. The van der Waals surface area contributed by atoms with Crippen LogP contribution in [0.2, 0.25) is 0 Å². The first-order valence-corrected chi connectivity index (χ1v) is 5.54. The van der Waals surface area contributed by atoms with E-state index in [1.165, 1.54) is 17.9 Å². The average molecular weight is 196 g/mol. The molecule has 13 heavy (non-hydrogen) atoms. The number of nitrogens with two attached hydrogens (primary N) is 1. The van der Waals surface area contributed by atoms with Crippen LogP contribution >= 0.6 is 11.8 Å². The zero-order chi connectivity index (χ0) is 9.10. The normalized spacial score (nSPS) is 21.8. The second-order valence-electron chi connectivity index (χ2n) is 3.06. The first-order chi connectivity index (χ1) is 6.42. The lowest BCUT2D eigenvalue weighted by atomic mass is 10.2. The number of para-hydroxylation sites is 1. The monoisotopic (exact) mass is 196 g/mol. The molecule has 1 aromatic carbocycles. The van der Waals surface area contributed by atoms with E-state index >= 15 is 0 Å². The molecule has 0 radical (unpaired) electrons. The smallest absolute Gasteiger partial charge is 0.162 e. The van der Waals surface area contributed by atoms with Gasteiger partial charge in [-0.2, -0.15) is 0 Å². The van der Waals surface area contributed by atoms with Crippen LogP contribution in [0.1, 0.15) is 10.9 Å². The fourth-order valence-electron chi connectivity index (χ4n) is 1.60. The van der Waals surface area contributed by atoms with E-state index in [9.17, 15) is 0 Å². The van der Waals surface area contributed by atoms with E-state index < -0.39 is 0 Å². The summed E-state index contributed by atoms with van der Waals surface area (Å²) in [5.41, 5.74) is 1.31. The number of rotatable bonds is 2. The molecule has 1 aliphatic rings. The summed E-state index contributed by atoms with van der Waals surface area (Å²) in [7, 11) is 1.73. The Morgan fingerprint density at radius 3 is 3.00 bits per heavy atom. The molecule has 0 spiro atoms. The maximum Gasteiger partial charge on any atom is 0.162 e. The fourth-order valence-corrected chi connectivity index (χ4v) is 2.77. The molecule has 2 rings (SSSR count). The predicted octanol–water partition coefficient (Wildman–Crippen LogP) is 1.00. The maximum atomic E-state index is 5.32. The van der Waals surface area contributed by atoms with E-state index in [1.54, 1.807) is 7.11 Å². The van der Waals surface area contributed by atoms with Crippen LogP contribution in [-0.2, 0) is 0 Å². The Kier molecular flexibility index (Phi) is 2.76. The van der Waals surface area contributed by atoms with Gasteiger partial charge in [-0.05, 0) is 12.1 Å². The SMILES string of the molecule is COc1ccccc1[C@H]1[NH2+]CCS1. The number of quaternary nitrogens is 1. The molecular formula is C10H14NOS+. The van der Waals surface area contributed by atoms with Crippen molar-refractivity contribution in [1.29, 1.82) is 0 Å². The Hall–Kier alpha value is -0.670. The van der Waals surface area contributed by atoms with Crippen LogP contribution in [0, 0.1) is 0 Å². The van der Waals surface area contributed by atoms with Gasteiger partial charge in [-0.3, -0.25) is 0 Å². The molecule has 1 atom stereocenters. The Morgan fingerprint density at radius 2 is 2.31 bits per heavy atom. The Bertz CT molecular complexity index is 284. The van der Waals surface area contributed by atoms with Crippen molar-refractivity contribution in [3.8, 4) is 5.75 Å². The molecule has 70 valence electrons. The van der Waals surface area contributed by atoms with Crippen molar-refractivity contribution in [2.24, 2.45) is 0 Å². The van der Waals surface area contributed by atoms with Crippen molar-refractivity contribution in [2.45, 2.75) is 5.37 Å². The highest BCUT2D eigenvalue weighted by atomic mass is 32.2. The van der Waals surface area contributed by atoms with Crippen LogP contribution in [0.25, 0.3) is 0 Å². The summed E-state index contributed by atoms with van der Waals surface area (Å²) in [5, 5.41) is 2.90. The molecule has 1 aliphatic heterocycles. The minimum atomic E-state index is 0.538. The third-order valence-corrected chi connectivity index (χ3v) is 3.52. The molecule has 3 heteroatoms. The number of benzene rings is 1. The predicted molar refractivity (Wildman–Crippen MR) is 55.0 cm³/mol. The topological polar surface area (TPSA) is 25.8 Å². The zero-order valence-corrected chi connectivity index (χ0v) is 8.51. The van der Waals surface area contributed by atoms with Gasteiger partial charge < -0.3 is 10.1 Å². The molecule has 0 aliphatic carbocycles. The summed E-state index contributed by atoms with van der Waals surface area (Å²) in [4.78, 5) is 0. The minimum Gasteiger partial charge on any atom is -0.496 e. The molecule has 0 aromatic heterocycles. The van der Waals surface area contributed by atoms with E-state index in [-0.39, 0.29) is 0 Å². The summed E-state index contributed by atoms with van der Waals surface area (Å²) in [6.07, 6.45) is 0. The van der Waals surface area contributed by atoms with E-state index in [1.807, 2.05) is 23.9 Å². The van der Waals surface area contributed by atoms with E-state index in [0.29, 0.717) is 5.37 Å². The summed E-state index contributed by atoms with van der Waals surface area (Å²) in [6.45, 7) is 1.22. The molecule has 0 saturated carbocycles. The van der Waals surface area contributed by atoms with Crippen LogP contribution < -0.4 is 10.1 Å². The second kappa shape index (κ2) is 4.03. The van der Waals surface area contributed by atoms with Crippen LogP contribution in [0.5, 0.6) is 5.75 Å². The highest BCUT2D eigenvalue weighted by Gasteiger charge is 2.23. The highest BCUT2D eigenvalue weighted by Crippen LogP contribution is 2.31.